The zero-order chi connectivity index (χ0) is 21.0. The monoisotopic (exact) mass is 519 g/mol. The van der Waals surface area contributed by atoms with Crippen LogP contribution in [0.3, 0.4) is 0 Å². The van der Waals surface area contributed by atoms with E-state index in [0.29, 0.717) is 5.71 Å². The number of carbonyl (C=O) groups excluding carboxylic acids is 1. The van der Waals surface area contributed by atoms with Crippen molar-refractivity contribution in [3.8, 4) is 0 Å². The Morgan fingerprint density at radius 3 is 2.59 bits per heavy atom. The molecule has 1 aromatic heterocycles. The standard InChI is InChI=1S/C19H15Br2N5O3/c1-12(14-5-7-15(20)8-6-14)22-23-19(27)18-17(26(28)29)11-25(24-18)10-13-3-2-4-16(21)9-13/h2-9,11H,10H2,1H3,(H,23,27)/b22-12-. The average molecular weight is 521 g/mol. The molecule has 3 aromatic rings. The fourth-order valence-corrected chi connectivity index (χ4v) is 3.26. The van der Waals surface area contributed by atoms with Gasteiger partial charge < -0.3 is 0 Å². The highest BCUT2D eigenvalue weighted by molar-refractivity contribution is 9.10. The van der Waals surface area contributed by atoms with Gasteiger partial charge in [-0.15, -0.1) is 0 Å². The maximum Gasteiger partial charge on any atom is 0.320 e. The maximum atomic E-state index is 12.5. The van der Waals surface area contributed by atoms with Crippen LogP contribution in [0.5, 0.6) is 0 Å². The Hall–Kier alpha value is -2.85. The van der Waals surface area contributed by atoms with Gasteiger partial charge in [0.2, 0.25) is 5.69 Å². The normalized spacial score (nSPS) is 11.3. The molecule has 3 rings (SSSR count). The summed E-state index contributed by atoms with van der Waals surface area (Å²) in [6.07, 6.45) is 1.24. The van der Waals surface area contributed by atoms with Crippen LogP contribution in [0.25, 0.3) is 0 Å². The van der Waals surface area contributed by atoms with Crippen molar-refractivity contribution in [3.63, 3.8) is 0 Å². The lowest BCUT2D eigenvalue weighted by Crippen LogP contribution is -2.21. The molecule has 0 aliphatic heterocycles. The summed E-state index contributed by atoms with van der Waals surface area (Å²) in [5.41, 5.74) is 3.92. The highest BCUT2D eigenvalue weighted by Gasteiger charge is 2.25. The molecule has 1 amide bonds. The van der Waals surface area contributed by atoms with Crippen LogP contribution in [-0.4, -0.2) is 26.3 Å². The third-order valence-electron chi connectivity index (χ3n) is 3.97. The number of benzene rings is 2. The van der Waals surface area contributed by atoms with Gasteiger partial charge in [0.05, 0.1) is 17.2 Å². The van der Waals surface area contributed by atoms with Crippen LogP contribution in [0, 0.1) is 10.1 Å². The van der Waals surface area contributed by atoms with Gasteiger partial charge in [0, 0.05) is 8.95 Å². The number of aromatic nitrogens is 2. The molecule has 0 saturated carbocycles. The van der Waals surface area contributed by atoms with Crippen molar-refractivity contribution in [2.45, 2.75) is 13.5 Å². The number of halogens is 2. The van der Waals surface area contributed by atoms with Crippen LogP contribution in [0.2, 0.25) is 0 Å². The lowest BCUT2D eigenvalue weighted by Gasteiger charge is -2.03. The smallest absolute Gasteiger partial charge is 0.265 e. The van der Waals surface area contributed by atoms with Crippen molar-refractivity contribution >= 4 is 49.2 Å². The van der Waals surface area contributed by atoms with Crippen molar-refractivity contribution in [2.24, 2.45) is 5.10 Å². The van der Waals surface area contributed by atoms with Crippen LogP contribution in [0.4, 0.5) is 5.69 Å². The van der Waals surface area contributed by atoms with E-state index in [9.17, 15) is 14.9 Å². The number of nitro groups is 1. The summed E-state index contributed by atoms with van der Waals surface area (Å²) in [6.45, 7) is 2.01. The van der Waals surface area contributed by atoms with Gasteiger partial charge in [-0.05, 0) is 42.3 Å². The molecule has 8 nitrogen and oxygen atoms in total. The molecule has 0 atom stereocenters. The summed E-state index contributed by atoms with van der Waals surface area (Å²) >= 11 is 6.73. The van der Waals surface area contributed by atoms with Gasteiger partial charge in [0.1, 0.15) is 6.20 Å². The van der Waals surface area contributed by atoms with E-state index in [-0.39, 0.29) is 17.9 Å². The molecule has 0 aliphatic carbocycles. The van der Waals surface area contributed by atoms with E-state index in [2.05, 4.69) is 47.5 Å². The summed E-state index contributed by atoms with van der Waals surface area (Å²) in [7, 11) is 0. The first-order valence-electron chi connectivity index (χ1n) is 8.40. The Balaban J connectivity index is 1.80. The van der Waals surface area contributed by atoms with Gasteiger partial charge in [-0.3, -0.25) is 19.6 Å². The van der Waals surface area contributed by atoms with E-state index in [0.717, 1.165) is 20.1 Å². The Kier molecular flexibility index (Phi) is 6.55. The van der Waals surface area contributed by atoms with Crippen molar-refractivity contribution in [1.29, 1.82) is 0 Å². The van der Waals surface area contributed by atoms with Crippen LogP contribution in [-0.2, 0) is 6.54 Å². The average Bonchev–Trinajstić information content (AvgIpc) is 3.10. The molecule has 0 saturated heterocycles. The molecule has 1 N–H and O–H groups in total. The number of nitrogens with zero attached hydrogens (tertiary/aromatic N) is 4. The number of hydrogen-bond donors (Lipinski definition) is 1. The van der Waals surface area contributed by atoms with Crippen LogP contribution < -0.4 is 5.43 Å². The predicted octanol–water partition coefficient (Wildman–Crippen LogP) is 4.52. The fourth-order valence-electron chi connectivity index (χ4n) is 2.55. The van der Waals surface area contributed by atoms with Crippen molar-refractivity contribution in [2.75, 3.05) is 0 Å². The van der Waals surface area contributed by atoms with Gasteiger partial charge in [-0.2, -0.15) is 10.2 Å². The SMILES string of the molecule is C/C(=N/NC(=O)c1nn(Cc2cccc(Br)c2)cc1[N+](=O)[O-])c1ccc(Br)cc1. The summed E-state index contributed by atoms with van der Waals surface area (Å²) in [5, 5.41) is 19.5. The Morgan fingerprint density at radius 1 is 1.21 bits per heavy atom. The second-order valence-corrected chi connectivity index (χ2v) is 7.92. The third-order valence-corrected chi connectivity index (χ3v) is 5.00. The molecular formula is C19H15Br2N5O3. The van der Waals surface area contributed by atoms with Crippen molar-refractivity contribution < 1.29 is 9.72 Å². The molecule has 2 aromatic carbocycles. The van der Waals surface area contributed by atoms with Gasteiger partial charge in [-0.25, -0.2) is 5.43 Å². The number of rotatable bonds is 6. The topological polar surface area (TPSA) is 102 Å². The Labute approximate surface area is 183 Å². The minimum absolute atomic E-state index is 0.286. The molecule has 0 spiro atoms. The molecule has 1 heterocycles. The molecule has 0 radical (unpaired) electrons. The first-order chi connectivity index (χ1) is 13.8. The molecular weight excluding hydrogens is 506 g/mol. The molecule has 0 aliphatic rings. The predicted molar refractivity (Wildman–Crippen MR) is 116 cm³/mol. The second-order valence-electron chi connectivity index (χ2n) is 6.09. The van der Waals surface area contributed by atoms with Crippen LogP contribution in [0.15, 0.2) is 68.8 Å². The lowest BCUT2D eigenvalue weighted by atomic mass is 10.1. The van der Waals surface area contributed by atoms with Crippen LogP contribution >= 0.6 is 31.9 Å². The van der Waals surface area contributed by atoms with Crippen LogP contribution in [0.1, 0.15) is 28.5 Å². The van der Waals surface area contributed by atoms with Crippen molar-refractivity contribution in [3.05, 3.63) is 90.6 Å². The molecule has 148 valence electrons. The number of hydrogen-bond acceptors (Lipinski definition) is 5. The van der Waals surface area contributed by atoms with Gasteiger partial charge >= 0.3 is 5.69 Å². The fraction of sp³-hybridized carbons (Fsp3) is 0.105. The second kappa shape index (κ2) is 9.10. The van der Waals surface area contributed by atoms with E-state index in [1.54, 1.807) is 6.92 Å². The number of carbonyl (C=O) groups is 1. The Morgan fingerprint density at radius 2 is 1.93 bits per heavy atom. The summed E-state index contributed by atoms with van der Waals surface area (Å²) < 4.78 is 3.16. The minimum Gasteiger partial charge on any atom is -0.265 e. The molecule has 29 heavy (non-hydrogen) atoms. The number of nitrogens with one attached hydrogen (secondary N) is 1. The first-order valence-corrected chi connectivity index (χ1v) is 9.99. The zero-order valence-corrected chi connectivity index (χ0v) is 18.3. The van der Waals surface area contributed by atoms with E-state index in [1.807, 2.05) is 48.5 Å². The summed E-state index contributed by atoms with van der Waals surface area (Å²) in [4.78, 5) is 23.2. The lowest BCUT2D eigenvalue weighted by molar-refractivity contribution is -0.385. The minimum atomic E-state index is -0.749. The molecule has 10 heteroatoms. The largest absolute Gasteiger partial charge is 0.320 e. The van der Waals surface area contributed by atoms with E-state index in [4.69, 9.17) is 0 Å². The zero-order valence-electron chi connectivity index (χ0n) is 15.2. The number of hydrazone groups is 1. The molecule has 0 unspecified atom stereocenters. The molecule has 0 fully saturated rings. The molecule has 0 bridgehead atoms. The van der Waals surface area contributed by atoms with Crippen molar-refractivity contribution in [1.82, 2.24) is 15.2 Å². The highest BCUT2D eigenvalue weighted by atomic mass is 79.9. The quantitative estimate of drug-likeness (QED) is 0.293. The van der Waals surface area contributed by atoms with E-state index >= 15 is 0 Å². The number of amides is 1. The van der Waals surface area contributed by atoms with Gasteiger partial charge in [0.25, 0.3) is 5.91 Å². The first kappa shape index (κ1) is 20.9. The van der Waals surface area contributed by atoms with Gasteiger partial charge in [0.15, 0.2) is 0 Å². The third kappa shape index (κ3) is 5.36. The van der Waals surface area contributed by atoms with E-state index < -0.39 is 10.8 Å². The van der Waals surface area contributed by atoms with E-state index in [1.165, 1.54) is 10.9 Å². The summed E-state index contributed by atoms with van der Waals surface area (Å²) in [6, 6.07) is 14.8. The summed E-state index contributed by atoms with van der Waals surface area (Å²) in [5.74, 6) is -0.749. The maximum absolute atomic E-state index is 12.5. The van der Waals surface area contributed by atoms with Gasteiger partial charge in [-0.1, -0.05) is 56.1 Å². The Bertz CT molecular complexity index is 1090. The highest BCUT2D eigenvalue weighted by Crippen LogP contribution is 2.19.